The standard InChI is InChI=1S/C19H20N2O2/c1-13-9-10-14(2)16(12-13)20-19(23)15-6-3-4-7-17(15)21-11-5-8-18(21)22/h3-4,6-7,9-10,12H,5,8,11H2,1-2H3,(H,20,23). The van der Waals surface area contributed by atoms with Crippen LogP contribution in [0.15, 0.2) is 42.5 Å². The molecule has 23 heavy (non-hydrogen) atoms. The van der Waals surface area contributed by atoms with Crippen LogP contribution in [0.3, 0.4) is 0 Å². The number of rotatable bonds is 3. The summed E-state index contributed by atoms with van der Waals surface area (Å²) < 4.78 is 0. The molecule has 1 saturated heterocycles. The van der Waals surface area contributed by atoms with Crippen molar-refractivity contribution in [3.63, 3.8) is 0 Å². The van der Waals surface area contributed by atoms with Gasteiger partial charge in [-0.2, -0.15) is 0 Å². The van der Waals surface area contributed by atoms with Gasteiger partial charge in [-0.25, -0.2) is 0 Å². The molecule has 2 aromatic rings. The maximum Gasteiger partial charge on any atom is 0.257 e. The van der Waals surface area contributed by atoms with E-state index in [-0.39, 0.29) is 11.8 Å². The molecule has 4 heteroatoms. The predicted molar refractivity (Wildman–Crippen MR) is 91.9 cm³/mol. The summed E-state index contributed by atoms with van der Waals surface area (Å²) >= 11 is 0. The lowest BCUT2D eigenvalue weighted by molar-refractivity contribution is -0.117. The Hall–Kier alpha value is -2.62. The molecule has 0 radical (unpaired) electrons. The lowest BCUT2D eigenvalue weighted by Gasteiger charge is -2.19. The first-order valence-corrected chi connectivity index (χ1v) is 7.84. The molecule has 0 spiro atoms. The maximum atomic E-state index is 12.7. The van der Waals surface area contributed by atoms with E-state index in [1.54, 1.807) is 11.0 Å². The molecule has 0 saturated carbocycles. The number of hydrogen-bond acceptors (Lipinski definition) is 2. The minimum Gasteiger partial charge on any atom is -0.322 e. The largest absolute Gasteiger partial charge is 0.322 e. The fraction of sp³-hybridized carbons (Fsp3) is 0.263. The number of anilines is 2. The van der Waals surface area contributed by atoms with Gasteiger partial charge >= 0.3 is 0 Å². The Balaban J connectivity index is 1.91. The Morgan fingerprint density at radius 2 is 1.91 bits per heavy atom. The molecule has 1 heterocycles. The van der Waals surface area contributed by atoms with Crippen LogP contribution >= 0.6 is 0 Å². The monoisotopic (exact) mass is 308 g/mol. The molecule has 2 aromatic carbocycles. The summed E-state index contributed by atoms with van der Waals surface area (Å²) in [6, 6.07) is 13.2. The highest BCUT2D eigenvalue weighted by atomic mass is 16.2. The van der Waals surface area contributed by atoms with E-state index < -0.39 is 0 Å². The summed E-state index contributed by atoms with van der Waals surface area (Å²) in [5.41, 5.74) is 4.13. The lowest BCUT2D eigenvalue weighted by Crippen LogP contribution is -2.27. The molecule has 2 amide bonds. The first-order chi connectivity index (χ1) is 11.1. The van der Waals surface area contributed by atoms with Gasteiger partial charge < -0.3 is 10.2 Å². The Kier molecular flexibility index (Phi) is 4.15. The van der Waals surface area contributed by atoms with Crippen molar-refractivity contribution in [2.24, 2.45) is 0 Å². The molecule has 4 nitrogen and oxygen atoms in total. The van der Waals surface area contributed by atoms with Gasteiger partial charge in [-0.15, -0.1) is 0 Å². The topological polar surface area (TPSA) is 49.4 Å². The Bertz CT molecular complexity index is 768. The highest BCUT2D eigenvalue weighted by Gasteiger charge is 2.25. The molecular formula is C19H20N2O2. The van der Waals surface area contributed by atoms with Gasteiger partial charge in [0.25, 0.3) is 5.91 Å². The van der Waals surface area contributed by atoms with Crippen molar-refractivity contribution >= 4 is 23.2 Å². The SMILES string of the molecule is Cc1ccc(C)c(NC(=O)c2ccccc2N2CCCC2=O)c1. The maximum absolute atomic E-state index is 12.7. The van der Waals surface area contributed by atoms with Crippen molar-refractivity contribution in [2.75, 3.05) is 16.8 Å². The first kappa shape index (κ1) is 15.3. The summed E-state index contributed by atoms with van der Waals surface area (Å²) in [5.74, 6) is -0.106. The van der Waals surface area contributed by atoms with Crippen molar-refractivity contribution in [1.29, 1.82) is 0 Å². The van der Waals surface area contributed by atoms with Crippen LogP contribution in [0.1, 0.15) is 34.3 Å². The average Bonchev–Trinajstić information content (AvgIpc) is 2.97. The van der Waals surface area contributed by atoms with Gasteiger partial charge in [0.05, 0.1) is 11.3 Å². The summed E-state index contributed by atoms with van der Waals surface area (Å²) in [6.45, 7) is 4.63. The number of nitrogens with zero attached hydrogens (tertiary/aromatic N) is 1. The molecule has 0 bridgehead atoms. The number of para-hydroxylation sites is 1. The van der Waals surface area contributed by atoms with Crippen LogP contribution in [-0.4, -0.2) is 18.4 Å². The Morgan fingerprint density at radius 1 is 1.13 bits per heavy atom. The summed E-state index contributed by atoms with van der Waals surface area (Å²) in [4.78, 5) is 26.4. The van der Waals surface area contributed by atoms with E-state index >= 15 is 0 Å². The van der Waals surface area contributed by atoms with Crippen LogP contribution in [0.2, 0.25) is 0 Å². The Labute approximate surface area is 136 Å². The number of carbonyl (C=O) groups excluding carboxylic acids is 2. The van der Waals surface area contributed by atoms with Crippen LogP contribution in [-0.2, 0) is 4.79 Å². The number of benzene rings is 2. The molecule has 3 rings (SSSR count). The van der Waals surface area contributed by atoms with E-state index in [4.69, 9.17) is 0 Å². The zero-order chi connectivity index (χ0) is 16.4. The average molecular weight is 308 g/mol. The zero-order valence-corrected chi connectivity index (χ0v) is 13.4. The first-order valence-electron chi connectivity index (χ1n) is 7.84. The number of amides is 2. The fourth-order valence-electron chi connectivity index (χ4n) is 2.86. The molecule has 118 valence electrons. The molecule has 0 aliphatic carbocycles. The third-order valence-electron chi connectivity index (χ3n) is 4.15. The molecule has 1 aliphatic rings. The Morgan fingerprint density at radius 3 is 2.65 bits per heavy atom. The van der Waals surface area contributed by atoms with Gasteiger partial charge in [0, 0.05) is 18.7 Å². The number of nitrogens with one attached hydrogen (secondary N) is 1. The van der Waals surface area contributed by atoms with Crippen molar-refractivity contribution in [1.82, 2.24) is 0 Å². The normalized spacial score (nSPS) is 14.2. The van der Waals surface area contributed by atoms with Crippen molar-refractivity contribution in [2.45, 2.75) is 26.7 Å². The van der Waals surface area contributed by atoms with E-state index in [1.807, 2.05) is 50.2 Å². The quantitative estimate of drug-likeness (QED) is 0.940. The summed E-state index contributed by atoms with van der Waals surface area (Å²) in [5, 5.41) is 2.97. The summed E-state index contributed by atoms with van der Waals surface area (Å²) in [7, 11) is 0. The van der Waals surface area contributed by atoms with Crippen molar-refractivity contribution in [3.8, 4) is 0 Å². The van der Waals surface area contributed by atoms with Crippen LogP contribution in [0, 0.1) is 13.8 Å². The van der Waals surface area contributed by atoms with Crippen molar-refractivity contribution in [3.05, 3.63) is 59.2 Å². The van der Waals surface area contributed by atoms with Crippen LogP contribution < -0.4 is 10.2 Å². The van der Waals surface area contributed by atoms with Gasteiger partial charge in [-0.1, -0.05) is 24.3 Å². The smallest absolute Gasteiger partial charge is 0.257 e. The van der Waals surface area contributed by atoms with Crippen LogP contribution in [0.5, 0.6) is 0 Å². The molecule has 0 unspecified atom stereocenters. The third kappa shape index (κ3) is 3.11. The second kappa shape index (κ2) is 6.24. The van der Waals surface area contributed by atoms with E-state index in [1.165, 1.54) is 0 Å². The number of carbonyl (C=O) groups is 2. The van der Waals surface area contributed by atoms with Crippen molar-refractivity contribution < 1.29 is 9.59 Å². The van der Waals surface area contributed by atoms with Crippen LogP contribution in [0.4, 0.5) is 11.4 Å². The molecular weight excluding hydrogens is 288 g/mol. The second-order valence-electron chi connectivity index (χ2n) is 5.94. The van der Waals surface area contributed by atoms with Gasteiger partial charge in [0.1, 0.15) is 0 Å². The van der Waals surface area contributed by atoms with Gasteiger partial charge in [-0.05, 0) is 49.6 Å². The van der Waals surface area contributed by atoms with Gasteiger partial charge in [0.15, 0.2) is 0 Å². The minimum atomic E-state index is -0.186. The highest BCUT2D eigenvalue weighted by molar-refractivity contribution is 6.11. The minimum absolute atomic E-state index is 0.0805. The molecule has 0 aromatic heterocycles. The predicted octanol–water partition coefficient (Wildman–Crippen LogP) is 3.68. The van der Waals surface area contributed by atoms with Crippen LogP contribution in [0.25, 0.3) is 0 Å². The zero-order valence-electron chi connectivity index (χ0n) is 13.4. The fourth-order valence-corrected chi connectivity index (χ4v) is 2.86. The molecule has 0 atom stereocenters. The van der Waals surface area contributed by atoms with E-state index in [0.717, 1.165) is 23.2 Å². The number of hydrogen-bond donors (Lipinski definition) is 1. The van der Waals surface area contributed by atoms with Gasteiger partial charge in [0.2, 0.25) is 5.91 Å². The van der Waals surface area contributed by atoms with E-state index in [9.17, 15) is 9.59 Å². The number of aryl methyl sites for hydroxylation is 2. The third-order valence-corrected chi connectivity index (χ3v) is 4.15. The van der Waals surface area contributed by atoms with E-state index in [0.29, 0.717) is 24.2 Å². The molecule has 1 aliphatic heterocycles. The van der Waals surface area contributed by atoms with Gasteiger partial charge in [-0.3, -0.25) is 9.59 Å². The second-order valence-corrected chi connectivity index (χ2v) is 5.94. The van der Waals surface area contributed by atoms with E-state index in [2.05, 4.69) is 5.32 Å². The summed E-state index contributed by atoms with van der Waals surface area (Å²) in [6.07, 6.45) is 1.39. The molecule has 1 N–H and O–H groups in total. The lowest BCUT2D eigenvalue weighted by atomic mass is 10.1. The molecule has 1 fully saturated rings. The highest BCUT2D eigenvalue weighted by Crippen LogP contribution is 2.26.